The van der Waals surface area contributed by atoms with Gasteiger partial charge in [0.05, 0.1) is 11.4 Å². The Hall–Kier alpha value is -1.80. The van der Waals surface area contributed by atoms with Gasteiger partial charge in [-0.05, 0) is 25.0 Å². The van der Waals surface area contributed by atoms with E-state index in [4.69, 9.17) is 11.6 Å². The lowest BCUT2D eigenvalue weighted by atomic mass is 10.4. The van der Waals surface area contributed by atoms with Gasteiger partial charge in [0, 0.05) is 12.2 Å². The lowest BCUT2D eigenvalue weighted by molar-refractivity contribution is -0.113. The highest BCUT2D eigenvalue weighted by molar-refractivity contribution is 7.99. The molecule has 1 amide bonds. The average molecular weight is 326 g/mol. The number of halogens is 1. The third-order valence-electron chi connectivity index (χ3n) is 2.95. The van der Waals surface area contributed by atoms with E-state index in [0.29, 0.717) is 10.8 Å². The standard InChI is InChI=1S/C12H12ClN5O2S/c13-10-8(2-1-5-14-10)15-9(19)6-21-12-17-16-11(20)18(12)7-3-4-7/h1-2,5,7H,3-4,6H2,(H,15,19)(H,16,20). The van der Waals surface area contributed by atoms with E-state index < -0.39 is 0 Å². The van der Waals surface area contributed by atoms with Crippen LogP contribution in [0.2, 0.25) is 5.15 Å². The second-order valence-corrected chi connectivity index (χ2v) is 5.89. The first-order chi connectivity index (χ1) is 10.1. The Morgan fingerprint density at radius 1 is 1.57 bits per heavy atom. The molecule has 0 spiro atoms. The van der Waals surface area contributed by atoms with Crippen molar-refractivity contribution >= 4 is 35.0 Å². The summed E-state index contributed by atoms with van der Waals surface area (Å²) in [5.74, 6) is -0.0879. The first-order valence-corrected chi connectivity index (χ1v) is 7.71. The van der Waals surface area contributed by atoms with Gasteiger partial charge in [-0.3, -0.25) is 9.36 Å². The number of amides is 1. The summed E-state index contributed by atoms with van der Waals surface area (Å²) in [5, 5.41) is 9.81. The molecule has 2 heterocycles. The van der Waals surface area contributed by atoms with Gasteiger partial charge >= 0.3 is 5.69 Å². The molecular formula is C12H12ClN5O2S. The molecule has 0 bridgehead atoms. The number of carbonyl (C=O) groups is 1. The Labute approximate surface area is 129 Å². The fraction of sp³-hybridized carbons (Fsp3) is 0.333. The molecule has 2 aromatic rings. The predicted octanol–water partition coefficient (Wildman–Crippen LogP) is 1.69. The van der Waals surface area contributed by atoms with E-state index in [9.17, 15) is 9.59 Å². The number of rotatable bonds is 5. The average Bonchev–Trinajstić information content (AvgIpc) is 3.23. The second kappa shape index (κ2) is 5.90. The first kappa shape index (κ1) is 14.2. The molecule has 1 saturated carbocycles. The van der Waals surface area contributed by atoms with Crippen LogP contribution in [0.3, 0.4) is 0 Å². The third kappa shape index (κ3) is 3.27. The van der Waals surface area contributed by atoms with Gasteiger partial charge in [-0.15, -0.1) is 5.10 Å². The van der Waals surface area contributed by atoms with Crippen LogP contribution in [0.15, 0.2) is 28.3 Å². The summed E-state index contributed by atoms with van der Waals surface area (Å²) in [4.78, 5) is 27.4. The smallest absolute Gasteiger partial charge is 0.323 e. The summed E-state index contributed by atoms with van der Waals surface area (Å²) in [6.45, 7) is 0. The van der Waals surface area contributed by atoms with E-state index >= 15 is 0 Å². The number of nitrogens with zero attached hydrogens (tertiary/aromatic N) is 3. The van der Waals surface area contributed by atoms with Crippen LogP contribution >= 0.6 is 23.4 Å². The number of pyridine rings is 1. The Bertz CT molecular complexity index is 724. The maximum absolute atomic E-state index is 11.9. The summed E-state index contributed by atoms with van der Waals surface area (Å²) >= 11 is 7.08. The second-order valence-electron chi connectivity index (χ2n) is 4.59. The highest BCUT2D eigenvalue weighted by atomic mass is 35.5. The zero-order valence-corrected chi connectivity index (χ0v) is 12.4. The van der Waals surface area contributed by atoms with Crippen molar-refractivity contribution in [2.24, 2.45) is 0 Å². The van der Waals surface area contributed by atoms with Crippen LogP contribution in [-0.2, 0) is 4.79 Å². The van der Waals surface area contributed by atoms with Gasteiger partial charge < -0.3 is 5.32 Å². The van der Waals surface area contributed by atoms with Gasteiger partial charge in [-0.2, -0.15) is 0 Å². The van der Waals surface area contributed by atoms with Crippen LogP contribution < -0.4 is 11.0 Å². The molecule has 1 aliphatic rings. The molecule has 2 N–H and O–H groups in total. The van der Waals surface area contributed by atoms with Gasteiger partial charge in [-0.25, -0.2) is 14.9 Å². The molecule has 0 aromatic carbocycles. The molecular weight excluding hydrogens is 314 g/mol. The van der Waals surface area contributed by atoms with Crippen molar-refractivity contribution in [3.63, 3.8) is 0 Å². The first-order valence-electron chi connectivity index (χ1n) is 6.35. The van der Waals surface area contributed by atoms with E-state index in [1.165, 1.54) is 11.8 Å². The molecule has 0 aliphatic heterocycles. The number of anilines is 1. The minimum atomic E-state index is -0.229. The van der Waals surface area contributed by atoms with Gasteiger partial charge in [0.1, 0.15) is 0 Å². The molecule has 7 nitrogen and oxygen atoms in total. The fourth-order valence-corrected chi connectivity index (χ4v) is 2.82. The molecule has 110 valence electrons. The van der Waals surface area contributed by atoms with Crippen molar-refractivity contribution in [2.75, 3.05) is 11.1 Å². The normalized spacial score (nSPS) is 14.1. The van der Waals surface area contributed by atoms with E-state index in [2.05, 4.69) is 20.5 Å². The Kier molecular flexibility index (Phi) is 3.98. The summed E-state index contributed by atoms with van der Waals surface area (Å²) in [7, 11) is 0. The van der Waals surface area contributed by atoms with E-state index in [1.54, 1.807) is 22.9 Å². The molecule has 1 fully saturated rings. The van der Waals surface area contributed by atoms with Crippen LogP contribution in [0, 0.1) is 0 Å². The summed E-state index contributed by atoms with van der Waals surface area (Å²) < 4.78 is 1.61. The SMILES string of the molecule is O=C(CSc1n[nH]c(=O)n1C1CC1)Nc1cccnc1Cl. The topological polar surface area (TPSA) is 92.7 Å². The van der Waals surface area contributed by atoms with Crippen molar-refractivity contribution in [1.82, 2.24) is 19.7 Å². The maximum Gasteiger partial charge on any atom is 0.344 e. The number of carbonyl (C=O) groups excluding carboxylic acids is 1. The fourth-order valence-electron chi connectivity index (χ4n) is 1.84. The van der Waals surface area contributed by atoms with Gasteiger partial charge in [-0.1, -0.05) is 23.4 Å². The molecule has 1 aliphatic carbocycles. The zero-order chi connectivity index (χ0) is 14.8. The van der Waals surface area contributed by atoms with Gasteiger partial charge in [0.15, 0.2) is 10.3 Å². The minimum Gasteiger partial charge on any atom is -0.323 e. The Morgan fingerprint density at radius 2 is 2.38 bits per heavy atom. The third-order valence-corrected chi connectivity index (χ3v) is 4.20. The summed E-state index contributed by atoms with van der Waals surface area (Å²) in [6, 6.07) is 3.58. The molecule has 21 heavy (non-hydrogen) atoms. The highest BCUT2D eigenvalue weighted by Gasteiger charge is 2.28. The van der Waals surface area contributed by atoms with E-state index in [0.717, 1.165) is 12.8 Å². The zero-order valence-electron chi connectivity index (χ0n) is 10.9. The van der Waals surface area contributed by atoms with Crippen molar-refractivity contribution in [3.8, 4) is 0 Å². The largest absolute Gasteiger partial charge is 0.344 e. The monoisotopic (exact) mass is 325 g/mol. The quantitative estimate of drug-likeness (QED) is 0.644. The Morgan fingerprint density at radius 3 is 3.10 bits per heavy atom. The maximum atomic E-state index is 11.9. The van der Waals surface area contributed by atoms with Crippen LogP contribution in [0.4, 0.5) is 5.69 Å². The van der Waals surface area contributed by atoms with E-state index in [1.807, 2.05) is 0 Å². The number of aromatic amines is 1. The van der Waals surface area contributed by atoms with Crippen molar-refractivity contribution < 1.29 is 4.79 Å². The lowest BCUT2D eigenvalue weighted by Crippen LogP contribution is -2.18. The summed E-state index contributed by atoms with van der Waals surface area (Å²) in [5.41, 5.74) is 0.238. The number of nitrogens with one attached hydrogen (secondary N) is 2. The highest BCUT2D eigenvalue weighted by Crippen LogP contribution is 2.36. The van der Waals surface area contributed by atoms with E-state index in [-0.39, 0.29) is 28.5 Å². The van der Waals surface area contributed by atoms with Crippen LogP contribution in [-0.4, -0.2) is 31.4 Å². The summed E-state index contributed by atoms with van der Waals surface area (Å²) in [6.07, 6.45) is 3.50. The van der Waals surface area contributed by atoms with Crippen molar-refractivity contribution in [1.29, 1.82) is 0 Å². The number of aromatic nitrogens is 4. The number of H-pyrrole nitrogens is 1. The van der Waals surface area contributed by atoms with Gasteiger partial charge in [0.2, 0.25) is 5.91 Å². The number of hydrogen-bond acceptors (Lipinski definition) is 5. The Balaban J connectivity index is 1.62. The van der Waals surface area contributed by atoms with Crippen molar-refractivity contribution in [2.45, 2.75) is 24.0 Å². The van der Waals surface area contributed by atoms with Crippen LogP contribution in [0.25, 0.3) is 0 Å². The molecule has 0 unspecified atom stereocenters. The number of hydrogen-bond donors (Lipinski definition) is 2. The predicted molar refractivity (Wildman–Crippen MR) is 79.7 cm³/mol. The molecule has 2 aromatic heterocycles. The minimum absolute atomic E-state index is 0.141. The van der Waals surface area contributed by atoms with Crippen LogP contribution in [0.1, 0.15) is 18.9 Å². The van der Waals surface area contributed by atoms with Crippen molar-refractivity contribution in [3.05, 3.63) is 34.0 Å². The molecule has 0 radical (unpaired) electrons. The molecule has 0 atom stereocenters. The molecule has 3 rings (SSSR count). The number of thioether (sulfide) groups is 1. The lowest BCUT2D eigenvalue weighted by Gasteiger charge is -2.06. The van der Waals surface area contributed by atoms with Crippen LogP contribution in [0.5, 0.6) is 0 Å². The molecule has 9 heteroatoms. The molecule has 0 saturated heterocycles. The van der Waals surface area contributed by atoms with Gasteiger partial charge in [0.25, 0.3) is 0 Å².